The van der Waals surface area contributed by atoms with Gasteiger partial charge in [-0.3, -0.25) is 9.48 Å². The van der Waals surface area contributed by atoms with Crippen LogP contribution in [0.1, 0.15) is 29.8 Å². The molecule has 0 aliphatic carbocycles. The van der Waals surface area contributed by atoms with Gasteiger partial charge in [-0.05, 0) is 55.8 Å². The molecule has 0 spiro atoms. The molecule has 7 heteroatoms. The van der Waals surface area contributed by atoms with E-state index >= 15 is 0 Å². The van der Waals surface area contributed by atoms with Gasteiger partial charge in [-0.1, -0.05) is 12.1 Å². The van der Waals surface area contributed by atoms with E-state index in [-0.39, 0.29) is 5.91 Å². The van der Waals surface area contributed by atoms with Gasteiger partial charge in [-0.15, -0.1) is 0 Å². The molecule has 3 aromatic rings. The fraction of sp³-hybridized carbons (Fsp3) is 0.360. The van der Waals surface area contributed by atoms with E-state index in [9.17, 15) is 4.79 Å². The first-order valence-electron chi connectivity index (χ1n) is 11.3. The van der Waals surface area contributed by atoms with Gasteiger partial charge in [-0.2, -0.15) is 5.10 Å². The van der Waals surface area contributed by atoms with Crippen LogP contribution < -0.4 is 15.0 Å². The highest BCUT2D eigenvalue weighted by Crippen LogP contribution is 2.19. The molecule has 1 saturated heterocycles. The third-order valence-corrected chi connectivity index (χ3v) is 5.62. The molecule has 4 rings (SSSR count). The Balaban J connectivity index is 1.32. The molecule has 168 valence electrons. The lowest BCUT2D eigenvalue weighted by molar-refractivity contribution is 0.0747. The van der Waals surface area contributed by atoms with E-state index in [2.05, 4.69) is 40.6 Å². The Kier molecular flexibility index (Phi) is 6.94. The van der Waals surface area contributed by atoms with Crippen molar-refractivity contribution < 1.29 is 9.53 Å². The molecule has 2 heterocycles. The summed E-state index contributed by atoms with van der Waals surface area (Å²) in [5, 5.41) is 7.79. The number of hydrogen-bond donors (Lipinski definition) is 1. The van der Waals surface area contributed by atoms with Crippen molar-refractivity contribution in [3.05, 3.63) is 72.1 Å². The number of carbonyl (C=O) groups excluding carboxylic acids is 1. The first-order valence-corrected chi connectivity index (χ1v) is 11.3. The molecule has 0 radical (unpaired) electrons. The fourth-order valence-electron chi connectivity index (χ4n) is 3.97. The lowest BCUT2D eigenvalue weighted by Crippen LogP contribution is -2.48. The van der Waals surface area contributed by atoms with Crippen molar-refractivity contribution in [3.63, 3.8) is 0 Å². The zero-order valence-corrected chi connectivity index (χ0v) is 18.8. The van der Waals surface area contributed by atoms with Crippen LogP contribution >= 0.6 is 0 Å². The Morgan fingerprint density at radius 2 is 1.84 bits per heavy atom. The molecule has 0 atom stereocenters. The Morgan fingerprint density at radius 3 is 2.56 bits per heavy atom. The van der Waals surface area contributed by atoms with Crippen molar-refractivity contribution in [2.45, 2.75) is 20.4 Å². The topological polar surface area (TPSA) is 62.6 Å². The number of hydrogen-bond acceptors (Lipinski definition) is 5. The monoisotopic (exact) mass is 433 g/mol. The number of anilines is 2. The largest absolute Gasteiger partial charge is 0.494 e. The van der Waals surface area contributed by atoms with E-state index in [4.69, 9.17) is 4.74 Å². The Morgan fingerprint density at radius 1 is 1.06 bits per heavy atom. The number of ether oxygens (including phenoxy) is 1. The molecule has 0 bridgehead atoms. The minimum absolute atomic E-state index is 0.0950. The Bertz CT molecular complexity index is 1020. The molecule has 32 heavy (non-hydrogen) atoms. The van der Waals surface area contributed by atoms with Gasteiger partial charge in [-0.25, -0.2) is 0 Å². The average molecular weight is 434 g/mol. The Hall–Kier alpha value is -3.48. The zero-order valence-electron chi connectivity index (χ0n) is 18.8. The van der Waals surface area contributed by atoms with Crippen LogP contribution in [0.3, 0.4) is 0 Å². The van der Waals surface area contributed by atoms with Crippen LogP contribution in [0.5, 0.6) is 5.75 Å². The fourth-order valence-corrected chi connectivity index (χ4v) is 3.97. The van der Waals surface area contributed by atoms with Gasteiger partial charge in [0.25, 0.3) is 5.91 Å². The minimum Gasteiger partial charge on any atom is -0.494 e. The molecular weight excluding hydrogens is 402 g/mol. The highest BCUT2D eigenvalue weighted by molar-refractivity contribution is 5.94. The maximum absolute atomic E-state index is 12.9. The van der Waals surface area contributed by atoms with E-state index in [0.29, 0.717) is 26.2 Å². The number of aromatic nitrogens is 2. The number of rotatable bonds is 8. The lowest BCUT2D eigenvalue weighted by Gasteiger charge is -2.35. The molecular formula is C25H31N5O2. The van der Waals surface area contributed by atoms with Crippen LogP contribution in [0.4, 0.5) is 11.4 Å². The SMILES string of the molecule is CCNc1ccc(C(=O)N2CCN(c3cnn(Cc4cccc(OCC)c4)c3)CC2)cc1. The molecule has 1 amide bonds. The predicted molar refractivity (Wildman–Crippen MR) is 128 cm³/mol. The van der Waals surface area contributed by atoms with E-state index in [1.807, 2.05) is 59.1 Å². The predicted octanol–water partition coefficient (Wildman–Crippen LogP) is 3.72. The summed E-state index contributed by atoms with van der Waals surface area (Å²) in [5.74, 6) is 0.979. The molecule has 0 unspecified atom stereocenters. The summed E-state index contributed by atoms with van der Waals surface area (Å²) in [4.78, 5) is 17.1. The lowest BCUT2D eigenvalue weighted by atomic mass is 10.1. The summed E-state index contributed by atoms with van der Waals surface area (Å²) in [6.07, 6.45) is 3.98. The van der Waals surface area contributed by atoms with Crippen molar-refractivity contribution in [1.29, 1.82) is 0 Å². The van der Waals surface area contributed by atoms with Crippen molar-refractivity contribution in [3.8, 4) is 5.75 Å². The van der Waals surface area contributed by atoms with Crippen molar-refractivity contribution in [2.24, 2.45) is 0 Å². The first-order chi connectivity index (χ1) is 15.7. The van der Waals surface area contributed by atoms with E-state index < -0.39 is 0 Å². The molecule has 1 N–H and O–H groups in total. The maximum Gasteiger partial charge on any atom is 0.253 e. The molecule has 1 aliphatic heterocycles. The number of nitrogens with one attached hydrogen (secondary N) is 1. The highest BCUT2D eigenvalue weighted by atomic mass is 16.5. The normalized spacial score (nSPS) is 13.8. The van der Waals surface area contributed by atoms with Gasteiger partial charge < -0.3 is 19.9 Å². The average Bonchev–Trinajstić information content (AvgIpc) is 3.28. The van der Waals surface area contributed by atoms with Crippen molar-refractivity contribution >= 4 is 17.3 Å². The van der Waals surface area contributed by atoms with Gasteiger partial charge >= 0.3 is 0 Å². The van der Waals surface area contributed by atoms with E-state index in [1.165, 1.54) is 0 Å². The van der Waals surface area contributed by atoms with Crippen LogP contribution in [0.25, 0.3) is 0 Å². The molecule has 2 aromatic carbocycles. The molecule has 0 saturated carbocycles. The number of carbonyl (C=O) groups is 1. The quantitative estimate of drug-likeness (QED) is 0.587. The van der Waals surface area contributed by atoms with Crippen LogP contribution in [0, 0.1) is 0 Å². The van der Waals surface area contributed by atoms with Crippen LogP contribution in [0.15, 0.2) is 60.9 Å². The highest BCUT2D eigenvalue weighted by Gasteiger charge is 2.23. The van der Waals surface area contributed by atoms with Gasteiger partial charge in [0.05, 0.1) is 25.0 Å². The van der Waals surface area contributed by atoms with Gasteiger partial charge in [0, 0.05) is 50.2 Å². The van der Waals surface area contributed by atoms with E-state index in [0.717, 1.165) is 47.9 Å². The third kappa shape index (κ3) is 5.22. The first kappa shape index (κ1) is 21.7. The standard InChI is InChI=1S/C25H31N5O2/c1-3-26-22-10-8-21(9-11-22)25(31)29-14-12-28(13-15-29)23-17-27-30(19-23)18-20-6-5-7-24(16-20)32-4-2/h5-11,16-17,19,26H,3-4,12-15,18H2,1-2H3. The number of nitrogens with zero attached hydrogens (tertiary/aromatic N) is 4. The smallest absolute Gasteiger partial charge is 0.253 e. The second-order valence-electron chi connectivity index (χ2n) is 7.86. The third-order valence-electron chi connectivity index (χ3n) is 5.62. The van der Waals surface area contributed by atoms with Gasteiger partial charge in [0.2, 0.25) is 0 Å². The Labute approximate surface area is 189 Å². The molecule has 1 fully saturated rings. The molecule has 1 aromatic heterocycles. The summed E-state index contributed by atoms with van der Waals surface area (Å²) >= 11 is 0. The minimum atomic E-state index is 0.0950. The maximum atomic E-state index is 12.9. The van der Waals surface area contributed by atoms with Crippen molar-refractivity contribution in [1.82, 2.24) is 14.7 Å². The van der Waals surface area contributed by atoms with Crippen LogP contribution in [-0.4, -0.2) is 59.9 Å². The summed E-state index contributed by atoms with van der Waals surface area (Å²) in [7, 11) is 0. The summed E-state index contributed by atoms with van der Waals surface area (Å²) in [5.41, 5.74) is 4.02. The summed E-state index contributed by atoms with van der Waals surface area (Å²) < 4.78 is 7.54. The zero-order chi connectivity index (χ0) is 22.3. The summed E-state index contributed by atoms with van der Waals surface area (Å²) in [6, 6.07) is 15.8. The number of benzene rings is 2. The van der Waals surface area contributed by atoms with Crippen molar-refractivity contribution in [2.75, 3.05) is 49.5 Å². The van der Waals surface area contributed by atoms with E-state index in [1.54, 1.807) is 0 Å². The second-order valence-corrected chi connectivity index (χ2v) is 7.86. The molecule has 1 aliphatic rings. The number of amides is 1. The second kappa shape index (κ2) is 10.2. The van der Waals surface area contributed by atoms with Gasteiger partial charge in [0.1, 0.15) is 5.75 Å². The van der Waals surface area contributed by atoms with Crippen LogP contribution in [0.2, 0.25) is 0 Å². The van der Waals surface area contributed by atoms with Gasteiger partial charge in [0.15, 0.2) is 0 Å². The molecule has 7 nitrogen and oxygen atoms in total. The number of piperazine rings is 1. The van der Waals surface area contributed by atoms with Crippen LogP contribution in [-0.2, 0) is 6.54 Å². The summed E-state index contributed by atoms with van der Waals surface area (Å²) in [6.45, 7) is 9.27.